The van der Waals surface area contributed by atoms with Gasteiger partial charge in [0.15, 0.2) is 0 Å². The van der Waals surface area contributed by atoms with E-state index >= 15 is 0 Å². The lowest BCUT2D eigenvalue weighted by Crippen LogP contribution is -2.03. The van der Waals surface area contributed by atoms with E-state index in [0.29, 0.717) is 13.2 Å². The van der Waals surface area contributed by atoms with Crippen molar-refractivity contribution in [3.63, 3.8) is 0 Å². The molecule has 0 bridgehead atoms. The Balaban J connectivity index is 2.25. The molecule has 0 fully saturated rings. The Labute approximate surface area is 79.2 Å². The van der Waals surface area contributed by atoms with Crippen molar-refractivity contribution < 1.29 is 9.84 Å². The second-order valence-electron chi connectivity index (χ2n) is 2.90. The number of aliphatic hydroxyl groups is 1. The first-order chi connectivity index (χ1) is 6.33. The van der Waals surface area contributed by atoms with Gasteiger partial charge in [-0.3, -0.25) is 0 Å². The van der Waals surface area contributed by atoms with Gasteiger partial charge in [0.05, 0.1) is 19.8 Å². The fraction of sp³-hybridized carbons (Fsp3) is 0.364. The van der Waals surface area contributed by atoms with Crippen LogP contribution in [0.4, 0.5) is 0 Å². The van der Waals surface area contributed by atoms with Crippen LogP contribution in [0, 0.1) is 6.92 Å². The minimum atomic E-state index is 0.0951. The molecular weight excluding hydrogens is 164 g/mol. The predicted octanol–water partition coefficient (Wildman–Crippen LogP) is 1.42. The molecule has 1 aromatic carbocycles. The van der Waals surface area contributed by atoms with E-state index in [1.54, 1.807) is 0 Å². The van der Waals surface area contributed by atoms with Crippen LogP contribution in [-0.2, 0) is 11.2 Å². The maximum Gasteiger partial charge on any atom is 0.0697 e. The molecule has 2 heteroatoms. The third-order valence-corrected chi connectivity index (χ3v) is 1.79. The number of benzene rings is 1. The predicted molar refractivity (Wildman–Crippen MR) is 52.5 cm³/mol. The lowest BCUT2D eigenvalue weighted by molar-refractivity contribution is 0.0944. The first-order valence-electron chi connectivity index (χ1n) is 4.42. The van der Waals surface area contributed by atoms with Gasteiger partial charge in [0.25, 0.3) is 0 Å². The number of hydrogen-bond acceptors (Lipinski definition) is 2. The van der Waals surface area contributed by atoms with Gasteiger partial charge in [-0.2, -0.15) is 0 Å². The van der Waals surface area contributed by atoms with E-state index in [2.05, 4.69) is 6.92 Å². The number of rotatable bonds is 5. The summed E-state index contributed by atoms with van der Waals surface area (Å²) < 4.78 is 5.15. The van der Waals surface area contributed by atoms with Crippen molar-refractivity contribution in [1.29, 1.82) is 0 Å². The molecule has 71 valence electrons. The van der Waals surface area contributed by atoms with Gasteiger partial charge in [0.1, 0.15) is 0 Å². The molecular formula is C11H15O2. The summed E-state index contributed by atoms with van der Waals surface area (Å²) in [5.74, 6) is 0. The molecule has 0 aliphatic carbocycles. The van der Waals surface area contributed by atoms with E-state index in [0.717, 1.165) is 12.0 Å². The summed E-state index contributed by atoms with van der Waals surface area (Å²) in [6.07, 6.45) is 0.889. The quantitative estimate of drug-likeness (QED) is 0.693. The van der Waals surface area contributed by atoms with E-state index in [-0.39, 0.29) is 6.61 Å². The zero-order valence-corrected chi connectivity index (χ0v) is 7.70. The van der Waals surface area contributed by atoms with E-state index in [9.17, 15) is 0 Å². The topological polar surface area (TPSA) is 29.5 Å². The summed E-state index contributed by atoms with van der Waals surface area (Å²) in [7, 11) is 0. The maximum atomic E-state index is 8.47. The van der Waals surface area contributed by atoms with Crippen molar-refractivity contribution in [3.8, 4) is 0 Å². The third-order valence-electron chi connectivity index (χ3n) is 1.79. The summed E-state index contributed by atoms with van der Waals surface area (Å²) in [6, 6.07) is 8.07. The van der Waals surface area contributed by atoms with Crippen molar-refractivity contribution in [2.45, 2.75) is 6.42 Å². The first kappa shape index (κ1) is 10.2. The summed E-state index contributed by atoms with van der Waals surface area (Å²) in [5, 5.41) is 8.47. The van der Waals surface area contributed by atoms with Crippen LogP contribution in [-0.4, -0.2) is 24.9 Å². The molecule has 0 aromatic heterocycles. The van der Waals surface area contributed by atoms with Gasteiger partial charge in [0.2, 0.25) is 0 Å². The molecule has 1 radical (unpaired) electrons. The SMILES string of the molecule is [CH2]c1ccc(CCOCCO)cc1. The highest BCUT2D eigenvalue weighted by Crippen LogP contribution is 2.03. The lowest BCUT2D eigenvalue weighted by Gasteiger charge is -2.02. The second kappa shape index (κ2) is 5.73. The van der Waals surface area contributed by atoms with Crippen LogP contribution in [0.3, 0.4) is 0 Å². The normalized spacial score (nSPS) is 10.3. The molecule has 0 spiro atoms. The molecule has 1 rings (SSSR count). The Kier molecular flexibility index (Phi) is 4.50. The molecule has 1 N–H and O–H groups in total. The van der Waals surface area contributed by atoms with Crippen molar-refractivity contribution in [1.82, 2.24) is 0 Å². The van der Waals surface area contributed by atoms with Gasteiger partial charge in [0, 0.05) is 0 Å². The van der Waals surface area contributed by atoms with Gasteiger partial charge < -0.3 is 9.84 Å². The maximum absolute atomic E-state index is 8.47. The number of hydrogen-bond donors (Lipinski definition) is 1. The smallest absolute Gasteiger partial charge is 0.0697 e. The number of ether oxygens (including phenoxy) is 1. The molecule has 0 amide bonds. The molecule has 1 aromatic rings. The van der Waals surface area contributed by atoms with Crippen molar-refractivity contribution >= 4 is 0 Å². The Hall–Kier alpha value is -0.860. The average Bonchev–Trinajstić information content (AvgIpc) is 2.15. The van der Waals surface area contributed by atoms with E-state index < -0.39 is 0 Å². The van der Waals surface area contributed by atoms with Crippen LogP contribution in [0.1, 0.15) is 11.1 Å². The van der Waals surface area contributed by atoms with Crippen LogP contribution in [0.2, 0.25) is 0 Å². The molecule has 0 aliphatic rings. The lowest BCUT2D eigenvalue weighted by atomic mass is 10.1. The van der Waals surface area contributed by atoms with Gasteiger partial charge in [-0.25, -0.2) is 0 Å². The summed E-state index contributed by atoms with van der Waals surface area (Å²) in [5.41, 5.74) is 2.27. The fourth-order valence-corrected chi connectivity index (χ4v) is 1.06. The van der Waals surface area contributed by atoms with E-state index in [1.165, 1.54) is 5.56 Å². The molecule has 13 heavy (non-hydrogen) atoms. The molecule has 0 saturated heterocycles. The molecule has 0 saturated carbocycles. The van der Waals surface area contributed by atoms with Crippen LogP contribution < -0.4 is 0 Å². The largest absolute Gasteiger partial charge is 0.394 e. The third kappa shape index (κ3) is 4.06. The van der Waals surface area contributed by atoms with E-state index in [4.69, 9.17) is 9.84 Å². The van der Waals surface area contributed by atoms with Crippen LogP contribution in [0.15, 0.2) is 24.3 Å². The van der Waals surface area contributed by atoms with Gasteiger partial charge in [-0.15, -0.1) is 0 Å². The Morgan fingerprint density at radius 3 is 2.46 bits per heavy atom. The van der Waals surface area contributed by atoms with Gasteiger partial charge in [-0.1, -0.05) is 24.3 Å². The minimum Gasteiger partial charge on any atom is -0.394 e. The summed E-state index contributed by atoms with van der Waals surface area (Å²) >= 11 is 0. The Morgan fingerprint density at radius 2 is 1.85 bits per heavy atom. The fourth-order valence-electron chi connectivity index (χ4n) is 1.06. The minimum absolute atomic E-state index is 0.0951. The zero-order valence-electron chi connectivity index (χ0n) is 7.70. The van der Waals surface area contributed by atoms with Crippen LogP contribution in [0.5, 0.6) is 0 Å². The standard InChI is InChI=1S/C11H15O2/c1-10-2-4-11(5-3-10)6-8-13-9-7-12/h2-5,12H,1,6-9H2. The molecule has 0 unspecified atom stereocenters. The number of aliphatic hydroxyl groups excluding tert-OH is 1. The molecule has 0 aliphatic heterocycles. The summed E-state index contributed by atoms with van der Waals surface area (Å²) in [6.45, 7) is 4.99. The van der Waals surface area contributed by atoms with Crippen LogP contribution >= 0.6 is 0 Å². The molecule has 2 nitrogen and oxygen atoms in total. The average molecular weight is 179 g/mol. The molecule has 0 heterocycles. The van der Waals surface area contributed by atoms with Crippen molar-refractivity contribution in [2.75, 3.05) is 19.8 Å². The van der Waals surface area contributed by atoms with Gasteiger partial charge in [-0.05, 0) is 24.5 Å². The Bertz CT molecular complexity index is 228. The first-order valence-corrected chi connectivity index (χ1v) is 4.42. The van der Waals surface area contributed by atoms with Gasteiger partial charge >= 0.3 is 0 Å². The van der Waals surface area contributed by atoms with E-state index in [1.807, 2.05) is 24.3 Å². The van der Waals surface area contributed by atoms with Crippen molar-refractivity contribution in [2.24, 2.45) is 0 Å². The van der Waals surface area contributed by atoms with Crippen molar-refractivity contribution in [3.05, 3.63) is 42.3 Å². The highest BCUT2D eigenvalue weighted by molar-refractivity contribution is 5.24. The highest BCUT2D eigenvalue weighted by atomic mass is 16.5. The zero-order chi connectivity index (χ0) is 9.52. The highest BCUT2D eigenvalue weighted by Gasteiger charge is 1.92. The summed E-state index contributed by atoms with van der Waals surface area (Å²) in [4.78, 5) is 0. The van der Waals surface area contributed by atoms with Crippen LogP contribution in [0.25, 0.3) is 0 Å². The monoisotopic (exact) mass is 179 g/mol. The molecule has 0 atom stereocenters. The second-order valence-corrected chi connectivity index (χ2v) is 2.90. The Morgan fingerprint density at radius 1 is 1.15 bits per heavy atom.